The summed E-state index contributed by atoms with van der Waals surface area (Å²) in [6.45, 7) is 1.66. The van der Waals surface area contributed by atoms with Gasteiger partial charge >= 0.3 is 12.0 Å². The van der Waals surface area contributed by atoms with Crippen LogP contribution >= 0.6 is 0 Å². The van der Waals surface area contributed by atoms with Crippen molar-refractivity contribution >= 4 is 23.4 Å². The summed E-state index contributed by atoms with van der Waals surface area (Å²) in [5.74, 6) is -1.53. The van der Waals surface area contributed by atoms with Gasteiger partial charge in [-0.2, -0.15) is 0 Å². The summed E-state index contributed by atoms with van der Waals surface area (Å²) in [5, 5.41) is 13.8. The van der Waals surface area contributed by atoms with Gasteiger partial charge in [-0.25, -0.2) is 14.0 Å². The van der Waals surface area contributed by atoms with Gasteiger partial charge in [0.1, 0.15) is 5.82 Å². The number of amides is 2. The van der Waals surface area contributed by atoms with Crippen LogP contribution in [0.4, 0.5) is 20.6 Å². The topological polar surface area (TPSA) is 91.3 Å². The summed E-state index contributed by atoms with van der Waals surface area (Å²) < 4.78 is 13.0. The number of pyridine rings is 1. The Labute approximate surface area is 119 Å². The number of carbonyl (C=O) groups excluding carboxylic acids is 1. The van der Waals surface area contributed by atoms with Crippen LogP contribution in [0, 0.1) is 12.7 Å². The quantitative estimate of drug-likeness (QED) is 0.810. The minimum atomic E-state index is -1.14. The first-order chi connectivity index (χ1) is 9.95. The van der Waals surface area contributed by atoms with Crippen molar-refractivity contribution in [2.45, 2.75) is 6.92 Å². The van der Waals surface area contributed by atoms with Crippen LogP contribution in [0.5, 0.6) is 0 Å². The van der Waals surface area contributed by atoms with Gasteiger partial charge in [0.05, 0.1) is 17.4 Å². The summed E-state index contributed by atoms with van der Waals surface area (Å²) in [7, 11) is 0. The van der Waals surface area contributed by atoms with Gasteiger partial charge in [-0.05, 0) is 36.8 Å². The normalized spacial score (nSPS) is 10.0. The average molecular weight is 289 g/mol. The molecule has 0 bridgehead atoms. The maximum absolute atomic E-state index is 13.0. The Balaban J connectivity index is 2.08. The van der Waals surface area contributed by atoms with Crippen LogP contribution in [0.1, 0.15) is 15.9 Å². The van der Waals surface area contributed by atoms with Crippen LogP contribution < -0.4 is 10.6 Å². The summed E-state index contributed by atoms with van der Waals surface area (Å²) in [5.41, 5.74) is 1.23. The Morgan fingerprint density at radius 3 is 2.62 bits per heavy atom. The van der Waals surface area contributed by atoms with E-state index in [2.05, 4.69) is 15.6 Å². The van der Waals surface area contributed by atoms with E-state index in [1.54, 1.807) is 6.92 Å². The Morgan fingerprint density at radius 2 is 1.95 bits per heavy atom. The number of nitrogens with one attached hydrogen (secondary N) is 2. The number of carboxylic acid groups (broad SMARTS) is 1. The van der Waals surface area contributed by atoms with Gasteiger partial charge in [0.25, 0.3) is 0 Å². The zero-order valence-corrected chi connectivity index (χ0v) is 11.1. The number of anilines is 2. The van der Waals surface area contributed by atoms with E-state index >= 15 is 0 Å². The van der Waals surface area contributed by atoms with E-state index in [9.17, 15) is 14.0 Å². The number of aromatic nitrogens is 1. The summed E-state index contributed by atoms with van der Waals surface area (Å²) in [6.07, 6.45) is 2.50. The monoisotopic (exact) mass is 289 g/mol. The Bertz CT molecular complexity index is 704. The third kappa shape index (κ3) is 3.75. The SMILES string of the molecule is Cc1cc(F)ccc1NC(=O)Nc1cncc(C(=O)O)c1. The standard InChI is InChI=1S/C14H12FN3O3/c1-8-4-10(15)2-3-12(8)18-14(21)17-11-5-9(13(19)20)6-16-7-11/h2-7H,1H3,(H,19,20)(H2,17,18,21). The lowest BCUT2D eigenvalue weighted by Gasteiger charge is -2.10. The highest BCUT2D eigenvalue weighted by molar-refractivity contribution is 6.00. The van der Waals surface area contributed by atoms with Crippen molar-refractivity contribution in [2.24, 2.45) is 0 Å². The van der Waals surface area contributed by atoms with Crippen LogP contribution in [0.15, 0.2) is 36.7 Å². The fourth-order valence-corrected chi connectivity index (χ4v) is 1.68. The fourth-order valence-electron chi connectivity index (χ4n) is 1.68. The molecule has 0 spiro atoms. The van der Waals surface area contributed by atoms with Gasteiger partial charge in [0.2, 0.25) is 0 Å². The molecule has 2 aromatic rings. The molecule has 0 aliphatic heterocycles. The molecule has 2 rings (SSSR count). The Kier molecular flexibility index (Phi) is 4.13. The number of carboxylic acids is 1. The first-order valence-electron chi connectivity index (χ1n) is 5.98. The molecule has 6 nitrogen and oxygen atoms in total. The van der Waals surface area contributed by atoms with E-state index in [0.717, 1.165) is 0 Å². The largest absolute Gasteiger partial charge is 0.478 e. The van der Waals surface area contributed by atoms with Crippen molar-refractivity contribution in [1.29, 1.82) is 0 Å². The van der Waals surface area contributed by atoms with E-state index in [-0.39, 0.29) is 11.3 Å². The molecule has 1 heterocycles. The highest BCUT2D eigenvalue weighted by Gasteiger charge is 2.08. The first-order valence-corrected chi connectivity index (χ1v) is 5.98. The molecule has 0 atom stereocenters. The molecule has 0 aliphatic rings. The van der Waals surface area contributed by atoms with Crippen molar-refractivity contribution in [3.8, 4) is 0 Å². The van der Waals surface area contributed by atoms with Crippen LogP contribution in [0.2, 0.25) is 0 Å². The number of rotatable bonds is 3. The molecule has 7 heteroatoms. The number of carbonyl (C=O) groups is 2. The van der Waals surface area contributed by atoms with Gasteiger partial charge in [-0.3, -0.25) is 4.98 Å². The number of nitrogens with zero attached hydrogens (tertiary/aromatic N) is 1. The maximum atomic E-state index is 13.0. The molecule has 1 aromatic carbocycles. The number of aromatic carboxylic acids is 1. The number of hydrogen-bond acceptors (Lipinski definition) is 3. The lowest BCUT2D eigenvalue weighted by molar-refractivity contribution is 0.0696. The highest BCUT2D eigenvalue weighted by Crippen LogP contribution is 2.16. The number of benzene rings is 1. The van der Waals surface area contributed by atoms with Gasteiger partial charge in [0.15, 0.2) is 0 Å². The predicted molar refractivity (Wildman–Crippen MR) is 75.0 cm³/mol. The lowest BCUT2D eigenvalue weighted by atomic mass is 10.2. The van der Waals surface area contributed by atoms with Gasteiger partial charge in [0, 0.05) is 11.9 Å². The third-order valence-corrected chi connectivity index (χ3v) is 2.68. The van der Waals surface area contributed by atoms with E-state index < -0.39 is 17.8 Å². The zero-order valence-electron chi connectivity index (χ0n) is 11.1. The minimum Gasteiger partial charge on any atom is -0.478 e. The van der Waals surface area contributed by atoms with Gasteiger partial charge < -0.3 is 15.7 Å². The molecule has 0 radical (unpaired) electrons. The molecule has 0 saturated carbocycles. The van der Waals surface area contributed by atoms with E-state index in [1.165, 1.54) is 36.7 Å². The van der Waals surface area contributed by atoms with E-state index in [0.29, 0.717) is 11.3 Å². The third-order valence-electron chi connectivity index (χ3n) is 2.68. The van der Waals surface area contributed by atoms with Crippen molar-refractivity contribution in [3.63, 3.8) is 0 Å². The lowest BCUT2D eigenvalue weighted by Crippen LogP contribution is -2.20. The molecular formula is C14H12FN3O3. The van der Waals surface area contributed by atoms with Crippen LogP contribution in [0.3, 0.4) is 0 Å². The van der Waals surface area contributed by atoms with Crippen LogP contribution in [0.25, 0.3) is 0 Å². The van der Waals surface area contributed by atoms with E-state index in [4.69, 9.17) is 5.11 Å². The predicted octanol–water partition coefficient (Wildman–Crippen LogP) is 2.87. The molecule has 3 N–H and O–H groups in total. The van der Waals surface area contributed by atoms with Crippen LogP contribution in [-0.2, 0) is 0 Å². The molecule has 1 aromatic heterocycles. The van der Waals surface area contributed by atoms with Crippen molar-refractivity contribution in [2.75, 3.05) is 10.6 Å². The van der Waals surface area contributed by atoms with Crippen LogP contribution in [-0.4, -0.2) is 22.1 Å². The number of hydrogen-bond donors (Lipinski definition) is 3. The fraction of sp³-hybridized carbons (Fsp3) is 0.0714. The van der Waals surface area contributed by atoms with E-state index in [1.807, 2.05) is 0 Å². The molecule has 21 heavy (non-hydrogen) atoms. The molecular weight excluding hydrogens is 277 g/mol. The second kappa shape index (κ2) is 6.00. The van der Waals surface area contributed by atoms with Crippen molar-refractivity contribution < 1.29 is 19.1 Å². The van der Waals surface area contributed by atoms with Gasteiger partial charge in [-0.1, -0.05) is 0 Å². The molecule has 2 amide bonds. The maximum Gasteiger partial charge on any atom is 0.337 e. The number of halogens is 1. The zero-order chi connectivity index (χ0) is 15.4. The van der Waals surface area contributed by atoms with Crippen molar-refractivity contribution in [1.82, 2.24) is 4.98 Å². The molecule has 0 fully saturated rings. The van der Waals surface area contributed by atoms with Crippen molar-refractivity contribution in [3.05, 3.63) is 53.6 Å². The summed E-state index contributed by atoms with van der Waals surface area (Å²) in [4.78, 5) is 26.3. The average Bonchev–Trinajstić information content (AvgIpc) is 2.42. The molecule has 108 valence electrons. The second-order valence-corrected chi connectivity index (χ2v) is 4.31. The number of aryl methyl sites for hydroxylation is 1. The Hall–Kier alpha value is -2.96. The number of urea groups is 1. The second-order valence-electron chi connectivity index (χ2n) is 4.31. The summed E-state index contributed by atoms with van der Waals surface area (Å²) >= 11 is 0. The summed E-state index contributed by atoms with van der Waals surface area (Å²) in [6, 6.07) is 4.68. The molecule has 0 saturated heterocycles. The van der Waals surface area contributed by atoms with Gasteiger partial charge in [-0.15, -0.1) is 0 Å². The molecule has 0 aliphatic carbocycles. The molecule has 0 unspecified atom stereocenters. The Morgan fingerprint density at radius 1 is 1.19 bits per heavy atom. The smallest absolute Gasteiger partial charge is 0.337 e. The highest BCUT2D eigenvalue weighted by atomic mass is 19.1. The first kappa shape index (κ1) is 14.4. The minimum absolute atomic E-state index is 0.0363.